The fourth-order valence-corrected chi connectivity index (χ4v) is 2.81. The van der Waals surface area contributed by atoms with Crippen molar-refractivity contribution in [3.63, 3.8) is 0 Å². The largest absolute Gasteiger partial charge is 0.310 e. The predicted molar refractivity (Wildman–Crippen MR) is 95.7 cm³/mol. The Labute approximate surface area is 143 Å². The topological polar surface area (TPSA) is 12.0 Å². The Morgan fingerprint density at radius 1 is 1.05 bits per heavy atom. The minimum Gasteiger partial charge on any atom is -0.310 e. The Bertz CT molecular complexity index is 569. The summed E-state index contributed by atoms with van der Waals surface area (Å²) in [6.07, 6.45) is 0.933. The van der Waals surface area contributed by atoms with E-state index in [9.17, 15) is 0 Å². The van der Waals surface area contributed by atoms with E-state index in [2.05, 4.69) is 59.1 Å². The van der Waals surface area contributed by atoms with Gasteiger partial charge < -0.3 is 5.32 Å². The number of hydrogen-bond acceptors (Lipinski definition) is 1. The lowest BCUT2D eigenvalue weighted by molar-refractivity contribution is 0.550. The summed E-state index contributed by atoms with van der Waals surface area (Å²) in [5.74, 6) is 0. The first-order valence-electron chi connectivity index (χ1n) is 6.53. The molecule has 1 nitrogen and oxygen atoms in total. The molecular formula is C16H16Cl2IN. The second-order valence-electron chi connectivity index (χ2n) is 4.61. The molecule has 4 heteroatoms. The minimum atomic E-state index is 0.245. The molecule has 1 N–H and O–H groups in total. The second kappa shape index (κ2) is 7.64. The molecule has 0 aromatic heterocycles. The van der Waals surface area contributed by atoms with E-state index in [1.807, 2.05) is 18.2 Å². The Hall–Kier alpha value is -0.290. The summed E-state index contributed by atoms with van der Waals surface area (Å²) in [6.45, 7) is 3.02. The van der Waals surface area contributed by atoms with Gasteiger partial charge in [-0.15, -0.1) is 0 Å². The van der Waals surface area contributed by atoms with E-state index in [4.69, 9.17) is 23.2 Å². The first-order valence-corrected chi connectivity index (χ1v) is 8.36. The van der Waals surface area contributed by atoms with Gasteiger partial charge in [-0.3, -0.25) is 0 Å². The molecule has 0 spiro atoms. The lowest BCUT2D eigenvalue weighted by Crippen LogP contribution is -2.23. The molecule has 1 unspecified atom stereocenters. The van der Waals surface area contributed by atoms with Gasteiger partial charge in [0.25, 0.3) is 0 Å². The summed E-state index contributed by atoms with van der Waals surface area (Å²) >= 11 is 14.4. The van der Waals surface area contributed by atoms with Crippen LogP contribution in [0.15, 0.2) is 42.5 Å². The molecule has 0 aliphatic heterocycles. The third-order valence-electron chi connectivity index (χ3n) is 3.15. The maximum Gasteiger partial charge on any atom is 0.0595 e. The second-order valence-corrected chi connectivity index (χ2v) is 6.67. The number of rotatable bonds is 5. The van der Waals surface area contributed by atoms with E-state index in [0.29, 0.717) is 10.0 Å². The van der Waals surface area contributed by atoms with Crippen molar-refractivity contribution < 1.29 is 0 Å². The Kier molecular flexibility index (Phi) is 6.15. The maximum absolute atomic E-state index is 6.12. The molecule has 1 atom stereocenters. The van der Waals surface area contributed by atoms with Crippen LogP contribution in [0.25, 0.3) is 0 Å². The molecule has 2 aromatic rings. The highest BCUT2D eigenvalue weighted by Crippen LogP contribution is 2.27. The number of nitrogens with one attached hydrogen (secondary N) is 1. The average molecular weight is 420 g/mol. The van der Waals surface area contributed by atoms with Crippen molar-refractivity contribution in [1.82, 2.24) is 5.32 Å². The molecule has 0 bridgehead atoms. The molecule has 2 rings (SSSR count). The Balaban J connectivity index is 2.21. The fraction of sp³-hybridized carbons (Fsp3) is 0.250. The Morgan fingerprint density at radius 3 is 2.35 bits per heavy atom. The Morgan fingerprint density at radius 2 is 1.75 bits per heavy atom. The van der Waals surface area contributed by atoms with E-state index in [-0.39, 0.29) is 6.04 Å². The summed E-state index contributed by atoms with van der Waals surface area (Å²) in [5.41, 5.74) is 2.47. The zero-order valence-corrected chi connectivity index (χ0v) is 14.8. The first-order chi connectivity index (χ1) is 9.60. The number of halogens is 3. The molecule has 0 aliphatic rings. The van der Waals surface area contributed by atoms with Crippen LogP contribution < -0.4 is 5.32 Å². The van der Waals surface area contributed by atoms with E-state index in [1.54, 1.807) is 0 Å². The standard InChI is InChI=1S/C16H16Cl2IN/c1-2-20-16(9-11-3-6-13(19)7-4-11)12-5-8-14(17)15(18)10-12/h3-8,10,16,20H,2,9H2,1H3. The van der Waals surface area contributed by atoms with Gasteiger partial charge in [0, 0.05) is 9.61 Å². The van der Waals surface area contributed by atoms with Gasteiger partial charge in [-0.25, -0.2) is 0 Å². The number of hydrogen-bond donors (Lipinski definition) is 1. The van der Waals surface area contributed by atoms with Gasteiger partial charge in [0.2, 0.25) is 0 Å². The zero-order chi connectivity index (χ0) is 14.5. The highest BCUT2D eigenvalue weighted by atomic mass is 127. The highest BCUT2D eigenvalue weighted by Gasteiger charge is 2.12. The lowest BCUT2D eigenvalue weighted by Gasteiger charge is -2.19. The average Bonchev–Trinajstić information content (AvgIpc) is 2.44. The van der Waals surface area contributed by atoms with E-state index in [1.165, 1.54) is 14.7 Å². The molecule has 0 saturated heterocycles. The van der Waals surface area contributed by atoms with Crippen LogP contribution in [0.5, 0.6) is 0 Å². The van der Waals surface area contributed by atoms with Gasteiger partial charge in [-0.1, -0.05) is 48.3 Å². The molecule has 0 fully saturated rings. The van der Waals surface area contributed by atoms with Crippen molar-refractivity contribution in [2.75, 3.05) is 6.54 Å². The molecule has 20 heavy (non-hydrogen) atoms. The van der Waals surface area contributed by atoms with E-state index >= 15 is 0 Å². The third-order valence-corrected chi connectivity index (χ3v) is 4.61. The molecule has 106 valence electrons. The van der Waals surface area contributed by atoms with Crippen LogP contribution in [0.3, 0.4) is 0 Å². The van der Waals surface area contributed by atoms with Gasteiger partial charge in [0.05, 0.1) is 10.0 Å². The van der Waals surface area contributed by atoms with Crippen LogP contribution in [-0.2, 0) is 6.42 Å². The first kappa shape index (κ1) is 16.1. The minimum absolute atomic E-state index is 0.245. The van der Waals surface area contributed by atoms with Crippen molar-refractivity contribution in [1.29, 1.82) is 0 Å². The number of benzene rings is 2. The van der Waals surface area contributed by atoms with Crippen LogP contribution in [-0.4, -0.2) is 6.54 Å². The molecule has 0 radical (unpaired) electrons. The van der Waals surface area contributed by atoms with Crippen molar-refractivity contribution >= 4 is 45.8 Å². The van der Waals surface area contributed by atoms with Crippen LogP contribution in [0.1, 0.15) is 24.1 Å². The molecule has 0 saturated carbocycles. The van der Waals surface area contributed by atoms with E-state index in [0.717, 1.165) is 13.0 Å². The molecule has 2 aromatic carbocycles. The fourth-order valence-electron chi connectivity index (χ4n) is 2.14. The van der Waals surface area contributed by atoms with Crippen molar-refractivity contribution in [3.05, 3.63) is 67.2 Å². The van der Waals surface area contributed by atoms with Crippen LogP contribution in [0.4, 0.5) is 0 Å². The van der Waals surface area contributed by atoms with Gasteiger partial charge in [-0.2, -0.15) is 0 Å². The normalized spacial score (nSPS) is 12.4. The van der Waals surface area contributed by atoms with Crippen LogP contribution in [0.2, 0.25) is 10.0 Å². The maximum atomic E-state index is 6.12. The third kappa shape index (κ3) is 4.35. The molecule has 0 aliphatic carbocycles. The summed E-state index contributed by atoms with van der Waals surface area (Å²) in [6, 6.07) is 14.7. The van der Waals surface area contributed by atoms with Gasteiger partial charge in [0.1, 0.15) is 0 Å². The molecule has 0 amide bonds. The lowest BCUT2D eigenvalue weighted by atomic mass is 9.99. The van der Waals surface area contributed by atoms with Crippen molar-refractivity contribution in [3.8, 4) is 0 Å². The van der Waals surface area contributed by atoms with Gasteiger partial charge in [-0.05, 0) is 70.9 Å². The summed E-state index contributed by atoms with van der Waals surface area (Å²) < 4.78 is 1.25. The summed E-state index contributed by atoms with van der Waals surface area (Å²) in [7, 11) is 0. The summed E-state index contributed by atoms with van der Waals surface area (Å²) in [4.78, 5) is 0. The van der Waals surface area contributed by atoms with Crippen LogP contribution >= 0.6 is 45.8 Å². The predicted octanol–water partition coefficient (Wildman–Crippen LogP) is 5.49. The quantitative estimate of drug-likeness (QED) is 0.631. The smallest absolute Gasteiger partial charge is 0.0595 e. The highest BCUT2D eigenvalue weighted by molar-refractivity contribution is 14.1. The van der Waals surface area contributed by atoms with Crippen LogP contribution in [0, 0.1) is 3.57 Å². The zero-order valence-electron chi connectivity index (χ0n) is 11.2. The monoisotopic (exact) mass is 419 g/mol. The molecular weight excluding hydrogens is 404 g/mol. The SMILES string of the molecule is CCNC(Cc1ccc(I)cc1)c1ccc(Cl)c(Cl)c1. The van der Waals surface area contributed by atoms with Gasteiger partial charge in [0.15, 0.2) is 0 Å². The van der Waals surface area contributed by atoms with Gasteiger partial charge >= 0.3 is 0 Å². The molecule has 0 heterocycles. The number of likely N-dealkylation sites (N-methyl/N-ethyl adjacent to an activating group) is 1. The summed E-state index contributed by atoms with van der Waals surface area (Å²) in [5, 5.41) is 4.71. The van der Waals surface area contributed by atoms with E-state index < -0.39 is 0 Å². The van der Waals surface area contributed by atoms with Crippen molar-refractivity contribution in [2.24, 2.45) is 0 Å². The van der Waals surface area contributed by atoms with Crippen molar-refractivity contribution in [2.45, 2.75) is 19.4 Å².